The molecule has 0 bridgehead atoms. The number of para-hydroxylation sites is 1. The van der Waals surface area contributed by atoms with Gasteiger partial charge in [-0.2, -0.15) is 0 Å². The first-order valence-electron chi connectivity index (χ1n) is 7.34. The van der Waals surface area contributed by atoms with Gasteiger partial charge in [-0.3, -0.25) is 4.79 Å². The molecule has 1 aromatic carbocycles. The van der Waals surface area contributed by atoms with Gasteiger partial charge >= 0.3 is 0 Å². The van der Waals surface area contributed by atoms with Gasteiger partial charge in [0.1, 0.15) is 11.5 Å². The lowest BCUT2D eigenvalue weighted by Gasteiger charge is -2.32. The van der Waals surface area contributed by atoms with E-state index in [0.717, 1.165) is 37.7 Å². The van der Waals surface area contributed by atoms with E-state index in [9.17, 15) is 4.79 Å². The first-order chi connectivity index (χ1) is 10.7. The van der Waals surface area contributed by atoms with Gasteiger partial charge in [0.05, 0.1) is 12.4 Å². The number of nitrogens with zero attached hydrogens (tertiary/aromatic N) is 4. The van der Waals surface area contributed by atoms with Crippen LogP contribution in [0.2, 0.25) is 0 Å². The monoisotopic (exact) mass is 297 g/mol. The fraction of sp³-hybridized carbons (Fsp3) is 0.312. The van der Waals surface area contributed by atoms with Crippen LogP contribution in [0.5, 0.6) is 0 Å². The minimum atomic E-state index is -0.247. The topological polar surface area (TPSA) is 61.4 Å². The molecule has 1 saturated heterocycles. The zero-order chi connectivity index (χ0) is 15.4. The third kappa shape index (κ3) is 3.40. The Morgan fingerprint density at radius 3 is 2.41 bits per heavy atom. The summed E-state index contributed by atoms with van der Waals surface area (Å²) >= 11 is 0. The Morgan fingerprint density at radius 2 is 1.77 bits per heavy atom. The molecule has 6 heteroatoms. The summed E-state index contributed by atoms with van der Waals surface area (Å²) in [6.07, 6.45) is 3.21. The Kier molecular flexibility index (Phi) is 4.29. The van der Waals surface area contributed by atoms with E-state index < -0.39 is 0 Å². The number of benzene rings is 1. The van der Waals surface area contributed by atoms with E-state index in [4.69, 9.17) is 0 Å². The summed E-state index contributed by atoms with van der Waals surface area (Å²) in [6.45, 7) is 3.89. The maximum atomic E-state index is 12.1. The van der Waals surface area contributed by atoms with Crippen LogP contribution >= 0.6 is 0 Å². The van der Waals surface area contributed by atoms with Crippen LogP contribution in [-0.4, -0.2) is 54.0 Å². The summed E-state index contributed by atoms with van der Waals surface area (Å²) in [6, 6.07) is 9.32. The molecule has 1 amide bonds. The second kappa shape index (κ2) is 6.53. The molecule has 3 rings (SSSR count). The smallest absolute Gasteiger partial charge is 0.275 e. The van der Waals surface area contributed by atoms with Crippen LogP contribution in [0.25, 0.3) is 0 Å². The molecular formula is C16H19N5O. The largest absolute Gasteiger partial charge is 0.353 e. The summed E-state index contributed by atoms with van der Waals surface area (Å²) in [4.78, 5) is 25.2. The molecule has 114 valence electrons. The second-order valence-corrected chi connectivity index (χ2v) is 5.37. The highest BCUT2D eigenvalue weighted by atomic mass is 16.1. The van der Waals surface area contributed by atoms with Crippen LogP contribution < -0.4 is 10.2 Å². The Bertz CT molecular complexity index is 621. The first kappa shape index (κ1) is 14.5. The SMILES string of the molecule is CN1CCN(c2cnc(C(=O)Nc3ccccc3)cn2)CC1. The van der Waals surface area contributed by atoms with Crippen molar-refractivity contribution in [2.45, 2.75) is 0 Å². The van der Waals surface area contributed by atoms with Crippen LogP contribution in [-0.2, 0) is 0 Å². The van der Waals surface area contributed by atoms with E-state index >= 15 is 0 Å². The average Bonchev–Trinajstić information content (AvgIpc) is 2.57. The highest BCUT2D eigenvalue weighted by molar-refractivity contribution is 6.02. The number of aromatic nitrogens is 2. The number of carbonyl (C=O) groups is 1. The summed E-state index contributed by atoms with van der Waals surface area (Å²) in [7, 11) is 2.11. The fourth-order valence-corrected chi connectivity index (χ4v) is 2.35. The Hall–Kier alpha value is -2.47. The molecule has 1 aliphatic heterocycles. The number of carbonyl (C=O) groups excluding carboxylic acids is 1. The number of nitrogens with one attached hydrogen (secondary N) is 1. The standard InChI is InChI=1S/C16H19N5O/c1-20-7-9-21(10-8-20)15-12-17-14(11-18-15)16(22)19-13-5-3-2-4-6-13/h2-6,11-12H,7-10H2,1H3,(H,19,22). The highest BCUT2D eigenvalue weighted by Crippen LogP contribution is 2.12. The molecule has 0 atom stereocenters. The van der Waals surface area contributed by atoms with E-state index in [1.807, 2.05) is 30.3 Å². The minimum absolute atomic E-state index is 0.247. The third-order valence-electron chi connectivity index (χ3n) is 3.73. The maximum absolute atomic E-state index is 12.1. The van der Waals surface area contributed by atoms with Crippen molar-refractivity contribution in [3.8, 4) is 0 Å². The van der Waals surface area contributed by atoms with E-state index in [-0.39, 0.29) is 5.91 Å². The van der Waals surface area contributed by atoms with Gasteiger partial charge in [-0.1, -0.05) is 18.2 Å². The van der Waals surface area contributed by atoms with Crippen LogP contribution in [0.4, 0.5) is 11.5 Å². The van der Waals surface area contributed by atoms with Gasteiger partial charge in [-0.05, 0) is 19.2 Å². The molecule has 1 fully saturated rings. The van der Waals surface area contributed by atoms with Gasteiger partial charge in [-0.25, -0.2) is 9.97 Å². The van der Waals surface area contributed by atoms with Crippen molar-refractivity contribution in [2.75, 3.05) is 43.4 Å². The molecular weight excluding hydrogens is 278 g/mol. The molecule has 0 radical (unpaired) electrons. The van der Waals surface area contributed by atoms with Gasteiger partial charge in [0, 0.05) is 31.9 Å². The van der Waals surface area contributed by atoms with Gasteiger partial charge in [0.15, 0.2) is 0 Å². The molecule has 1 N–H and O–H groups in total. The minimum Gasteiger partial charge on any atom is -0.353 e. The van der Waals surface area contributed by atoms with Crippen LogP contribution in [0.3, 0.4) is 0 Å². The maximum Gasteiger partial charge on any atom is 0.275 e. The quantitative estimate of drug-likeness (QED) is 0.930. The van der Waals surface area contributed by atoms with Gasteiger partial charge < -0.3 is 15.1 Å². The van der Waals surface area contributed by atoms with Crippen molar-refractivity contribution in [3.63, 3.8) is 0 Å². The van der Waals surface area contributed by atoms with Crippen molar-refractivity contribution in [1.82, 2.24) is 14.9 Å². The Morgan fingerprint density at radius 1 is 1.05 bits per heavy atom. The molecule has 0 spiro atoms. The Labute approximate surface area is 129 Å². The zero-order valence-corrected chi connectivity index (χ0v) is 12.6. The van der Waals surface area contributed by atoms with Crippen molar-refractivity contribution in [1.29, 1.82) is 0 Å². The lowest BCUT2D eigenvalue weighted by atomic mass is 10.3. The normalized spacial score (nSPS) is 15.6. The number of hydrogen-bond acceptors (Lipinski definition) is 5. The highest BCUT2D eigenvalue weighted by Gasteiger charge is 2.16. The molecule has 0 saturated carbocycles. The van der Waals surface area contributed by atoms with E-state index in [2.05, 4.69) is 32.1 Å². The van der Waals surface area contributed by atoms with Crippen molar-refractivity contribution in [2.24, 2.45) is 0 Å². The number of rotatable bonds is 3. The molecule has 0 unspecified atom stereocenters. The number of anilines is 2. The van der Waals surface area contributed by atoms with E-state index in [0.29, 0.717) is 5.69 Å². The number of likely N-dealkylation sites (N-methyl/N-ethyl adjacent to an activating group) is 1. The molecule has 1 aromatic heterocycles. The van der Waals surface area contributed by atoms with Gasteiger partial charge in [0.2, 0.25) is 0 Å². The zero-order valence-electron chi connectivity index (χ0n) is 12.6. The predicted octanol–water partition coefficient (Wildman–Crippen LogP) is 1.48. The number of amides is 1. The Balaban J connectivity index is 1.65. The molecule has 1 aliphatic rings. The molecule has 6 nitrogen and oxygen atoms in total. The van der Waals surface area contributed by atoms with E-state index in [1.54, 1.807) is 6.20 Å². The van der Waals surface area contributed by atoms with Crippen LogP contribution in [0.15, 0.2) is 42.7 Å². The first-order valence-corrected chi connectivity index (χ1v) is 7.34. The summed E-state index contributed by atoms with van der Waals surface area (Å²) in [5.41, 5.74) is 1.07. The molecule has 2 aromatic rings. The predicted molar refractivity (Wildman–Crippen MR) is 86.1 cm³/mol. The van der Waals surface area contributed by atoms with Crippen LogP contribution in [0, 0.1) is 0 Å². The second-order valence-electron chi connectivity index (χ2n) is 5.37. The average molecular weight is 297 g/mol. The summed E-state index contributed by atoms with van der Waals surface area (Å²) in [5.74, 6) is 0.577. The lowest BCUT2D eigenvalue weighted by Crippen LogP contribution is -2.44. The van der Waals surface area contributed by atoms with Gasteiger partial charge in [-0.15, -0.1) is 0 Å². The molecule has 2 heterocycles. The fourth-order valence-electron chi connectivity index (χ4n) is 2.35. The van der Waals surface area contributed by atoms with Gasteiger partial charge in [0.25, 0.3) is 5.91 Å². The molecule has 22 heavy (non-hydrogen) atoms. The van der Waals surface area contributed by atoms with Crippen molar-refractivity contribution >= 4 is 17.4 Å². The van der Waals surface area contributed by atoms with Crippen molar-refractivity contribution in [3.05, 3.63) is 48.4 Å². The number of piperazine rings is 1. The molecule has 0 aliphatic carbocycles. The summed E-state index contributed by atoms with van der Waals surface area (Å²) in [5, 5.41) is 2.80. The lowest BCUT2D eigenvalue weighted by molar-refractivity contribution is 0.102. The number of hydrogen-bond donors (Lipinski definition) is 1. The van der Waals surface area contributed by atoms with Crippen molar-refractivity contribution < 1.29 is 4.79 Å². The van der Waals surface area contributed by atoms with E-state index in [1.165, 1.54) is 6.20 Å². The summed E-state index contributed by atoms with van der Waals surface area (Å²) < 4.78 is 0. The van der Waals surface area contributed by atoms with Crippen LogP contribution in [0.1, 0.15) is 10.5 Å². The third-order valence-corrected chi connectivity index (χ3v) is 3.73.